The number of aliphatic hydroxyl groups excluding tert-OH is 5. The lowest BCUT2D eigenvalue weighted by atomic mass is 9.95. The molecule has 24 nitrogen and oxygen atoms in total. The summed E-state index contributed by atoms with van der Waals surface area (Å²) in [6.07, 6.45) is 25.4. The van der Waals surface area contributed by atoms with Crippen LogP contribution >= 0.6 is 7.82 Å². The summed E-state index contributed by atoms with van der Waals surface area (Å²) >= 11 is 0. The van der Waals surface area contributed by atoms with Crippen molar-refractivity contribution in [1.29, 1.82) is 0 Å². The first-order valence-corrected chi connectivity index (χ1v) is 45.5. The minimum Gasteiger partial charge on any atom is -0.462 e. The van der Waals surface area contributed by atoms with Crippen molar-refractivity contribution >= 4 is 43.5 Å². The van der Waals surface area contributed by atoms with Gasteiger partial charge in [-0.1, -0.05) is 356 Å². The molecule has 2 amide bonds. The zero-order chi connectivity index (χ0) is 80.1. The van der Waals surface area contributed by atoms with Gasteiger partial charge in [-0.3, -0.25) is 33.3 Å². The van der Waals surface area contributed by atoms with Crippen molar-refractivity contribution in [3.63, 3.8) is 0 Å². The number of hydrogen-bond donors (Lipinski definition) is 9. The molecule has 0 bridgehead atoms. The molecule has 0 saturated carbocycles. The van der Waals surface area contributed by atoms with Gasteiger partial charge in [0.25, 0.3) is 0 Å². The van der Waals surface area contributed by atoms with Gasteiger partial charge in [0, 0.05) is 12.8 Å². The van der Waals surface area contributed by atoms with E-state index in [9.17, 15) is 68.7 Å². The lowest BCUT2D eigenvalue weighted by Crippen LogP contribution is -2.68. The Kier molecular flexibility index (Phi) is 81.4. The zero-order valence-electron chi connectivity index (χ0n) is 68.8. The lowest BCUT2D eigenvalue weighted by molar-refractivity contribution is -0.298. The Bertz CT molecular complexity index is 2340. The molecule has 14 atom stereocenters. The fourth-order valence-electron chi connectivity index (χ4n) is 14.6. The van der Waals surface area contributed by atoms with Gasteiger partial charge < -0.3 is 79.1 Å². The van der Waals surface area contributed by atoms with Crippen LogP contribution in [0.25, 0.3) is 0 Å². The molecule has 2 rings (SSSR count). The number of aliphatic hydroxyl groups is 5. The summed E-state index contributed by atoms with van der Waals surface area (Å²) in [7, 11) is -5.61. The van der Waals surface area contributed by atoms with Crippen LogP contribution in [0, 0.1) is 0 Å². The molecule has 5 unspecified atom stereocenters. The third kappa shape index (κ3) is 60.7. The summed E-state index contributed by atoms with van der Waals surface area (Å²) in [6.45, 7) is 11.0. The number of esters is 4. The Morgan fingerprint density at radius 2 is 0.696 bits per heavy atom. The van der Waals surface area contributed by atoms with Crippen LogP contribution in [0.3, 0.4) is 0 Å². The Labute approximate surface area is 701 Å². The van der Waals surface area contributed by atoms with Crippen LogP contribution in [0.15, 0.2) is 0 Å². The van der Waals surface area contributed by atoms with E-state index < -0.39 is 168 Å². The SMILES string of the molecule is C.C.C.C.C.C.CCCCCCCCCCCC(=O)O[C@H](CCCCCCCCC)CC(=O)NC1[C@H](OCC2OC(O)C(NC(=O)C[C@H](O)CCCCCCCCC)[C@@H](OC(=O)C[C@H](O)CCCCCCCCC)[C@@H]2O)OC(CO)[C@@H](OP(=O)(O)O)[C@@H]1OC(=O)C[C@@H](CCCCCCCCC)OC(=O)CCCCCCCCCCC. The van der Waals surface area contributed by atoms with E-state index in [-0.39, 0.29) is 70.2 Å². The van der Waals surface area contributed by atoms with E-state index in [1.165, 1.54) is 38.5 Å². The molecule has 0 aliphatic carbocycles. The van der Waals surface area contributed by atoms with Crippen LogP contribution in [-0.4, -0.2) is 170 Å². The van der Waals surface area contributed by atoms with E-state index >= 15 is 0 Å². The second-order valence-electron chi connectivity index (χ2n) is 31.4. The lowest BCUT2D eigenvalue weighted by Gasteiger charge is -2.46. The average Bonchev–Trinajstić information content (AvgIpc) is 0.751. The van der Waals surface area contributed by atoms with E-state index in [2.05, 4.69) is 52.2 Å². The van der Waals surface area contributed by atoms with Crippen molar-refractivity contribution in [3.8, 4) is 0 Å². The summed E-state index contributed by atoms with van der Waals surface area (Å²) in [4.78, 5) is 106. The molecule has 2 aliphatic heterocycles. The van der Waals surface area contributed by atoms with Gasteiger partial charge in [-0.2, -0.15) is 0 Å². The third-order valence-corrected chi connectivity index (χ3v) is 21.6. The first kappa shape index (κ1) is 120. The Morgan fingerprint density at radius 1 is 0.374 bits per heavy atom. The highest BCUT2D eigenvalue weighted by atomic mass is 31.2. The molecular weight excluding hydrogens is 1490 g/mol. The molecule has 0 spiro atoms. The van der Waals surface area contributed by atoms with Gasteiger partial charge in [0.2, 0.25) is 11.8 Å². The Morgan fingerprint density at radius 3 is 1.08 bits per heavy atom. The van der Waals surface area contributed by atoms with Crippen LogP contribution in [0.1, 0.15) is 446 Å². The normalized spacial score (nSPS) is 20.2. The highest BCUT2D eigenvalue weighted by Crippen LogP contribution is 2.43. The van der Waals surface area contributed by atoms with Gasteiger partial charge in [0.05, 0.1) is 51.1 Å². The molecular formula is C90H181N2O22P. The molecule has 2 saturated heterocycles. The summed E-state index contributed by atoms with van der Waals surface area (Å²) in [5, 5.41) is 62.6. The van der Waals surface area contributed by atoms with E-state index in [4.69, 9.17) is 37.7 Å². The number of rotatable bonds is 72. The Hall–Kier alpha value is -3.39. The minimum absolute atomic E-state index is 0. The van der Waals surface area contributed by atoms with Gasteiger partial charge in [-0.15, -0.1) is 0 Å². The Balaban J connectivity index is -0.00000672. The topological polar surface area (TPSA) is 359 Å². The van der Waals surface area contributed by atoms with Crippen LogP contribution < -0.4 is 10.6 Å². The monoisotopic (exact) mass is 1670 g/mol. The maximum Gasteiger partial charge on any atom is 0.470 e. The van der Waals surface area contributed by atoms with Crippen molar-refractivity contribution in [1.82, 2.24) is 10.6 Å². The summed E-state index contributed by atoms with van der Waals surface area (Å²) < 4.78 is 61.2. The van der Waals surface area contributed by atoms with E-state index in [1.807, 2.05) is 0 Å². The van der Waals surface area contributed by atoms with Crippen molar-refractivity contribution in [2.24, 2.45) is 0 Å². The molecule has 9 N–H and O–H groups in total. The summed E-state index contributed by atoms with van der Waals surface area (Å²) in [5.41, 5.74) is 0. The minimum atomic E-state index is -5.61. The van der Waals surface area contributed by atoms with Gasteiger partial charge in [-0.05, 0) is 51.4 Å². The van der Waals surface area contributed by atoms with Gasteiger partial charge >= 0.3 is 31.7 Å². The smallest absolute Gasteiger partial charge is 0.462 e. The van der Waals surface area contributed by atoms with Crippen molar-refractivity contribution in [2.75, 3.05) is 13.2 Å². The van der Waals surface area contributed by atoms with Crippen LogP contribution in [0.5, 0.6) is 0 Å². The largest absolute Gasteiger partial charge is 0.470 e. The second kappa shape index (κ2) is 77.9. The quantitative estimate of drug-likeness (QED) is 0.0118. The molecule has 688 valence electrons. The van der Waals surface area contributed by atoms with Crippen molar-refractivity contribution < 1.29 is 106 Å². The molecule has 25 heteroatoms. The maximum absolute atomic E-state index is 15.0. The maximum atomic E-state index is 15.0. The van der Waals surface area contributed by atoms with Gasteiger partial charge in [0.15, 0.2) is 24.8 Å². The number of phosphoric ester groups is 1. The zero-order valence-corrected chi connectivity index (χ0v) is 69.7. The predicted molar refractivity (Wildman–Crippen MR) is 464 cm³/mol. The molecule has 2 fully saturated rings. The molecule has 0 aromatic carbocycles. The van der Waals surface area contributed by atoms with Gasteiger partial charge in [0.1, 0.15) is 48.7 Å². The van der Waals surface area contributed by atoms with E-state index in [1.54, 1.807) is 0 Å². The molecule has 0 aromatic heterocycles. The number of unbranched alkanes of at least 4 members (excludes halogenated alkanes) is 40. The first-order valence-electron chi connectivity index (χ1n) is 44.0. The molecule has 115 heavy (non-hydrogen) atoms. The van der Waals surface area contributed by atoms with E-state index in [0.29, 0.717) is 51.4 Å². The van der Waals surface area contributed by atoms with Crippen LogP contribution in [0.2, 0.25) is 0 Å². The van der Waals surface area contributed by atoms with Gasteiger partial charge in [-0.25, -0.2) is 4.57 Å². The standard InChI is InChI=1S/C84H157N2O22P.6CH4/c1-7-13-19-25-31-33-39-45-51-57-73(92)102-67(55-49-43-37-29-23-17-11-5)61-72(91)86-78-82(107-76(95)62-68(56-50-44-38-30-24-18-12-6)103-74(93)58-52-46-40-34-32-26-20-14-8-2)80(108-109(98,99)100)69(63-87)105-84(78)101-64-70-79(96)81(106-75(94)60-66(89)54-48-42-36-28-22-16-10-4)77(83(97)104-70)85-71(90)59-65(88)53-47-41-35-27-21-15-9-3;;;;;;/h65-70,77-84,87-89,96-97H,7-64H2,1-6H3,(H,85,90)(H,86,91)(H2,98,99,100);6*1H4/t65-,66-,67-,68-,69?,70?,77?,78?,79-,80-,81-,82-,83?,84-;;;;;;/m1....../s1. The summed E-state index contributed by atoms with van der Waals surface area (Å²) in [6, 6.07) is -3.46. The van der Waals surface area contributed by atoms with Crippen molar-refractivity contribution in [2.45, 2.75) is 531 Å². The highest BCUT2D eigenvalue weighted by Gasteiger charge is 2.54. The fourth-order valence-corrected chi connectivity index (χ4v) is 15.2. The molecule has 0 aromatic rings. The van der Waals surface area contributed by atoms with E-state index in [0.717, 1.165) is 218 Å². The van der Waals surface area contributed by atoms with Crippen LogP contribution in [-0.2, 0) is 71.0 Å². The predicted octanol–water partition coefficient (Wildman–Crippen LogP) is 20.4. The molecule has 2 aliphatic rings. The number of nitrogens with one attached hydrogen (secondary N) is 2. The van der Waals surface area contributed by atoms with Crippen LogP contribution in [0.4, 0.5) is 0 Å². The number of amides is 2. The van der Waals surface area contributed by atoms with Crippen molar-refractivity contribution in [3.05, 3.63) is 0 Å². The average molecular weight is 1670 g/mol. The first-order chi connectivity index (χ1) is 52.6. The number of ether oxygens (including phenoxy) is 7. The number of carbonyl (C=O) groups excluding carboxylic acids is 6. The number of phosphoric acid groups is 1. The third-order valence-electron chi connectivity index (χ3n) is 21.1. The highest BCUT2D eigenvalue weighted by molar-refractivity contribution is 7.46. The fraction of sp³-hybridized carbons (Fsp3) is 0.933. The summed E-state index contributed by atoms with van der Waals surface area (Å²) in [5.74, 6) is -4.59. The molecule has 2 heterocycles. The molecule has 0 radical (unpaired) electrons. The number of hydrogen-bond acceptors (Lipinski definition) is 20. The second-order valence-corrected chi connectivity index (χ2v) is 32.6. The number of carbonyl (C=O) groups is 6.